The molecule has 4 nitrogen and oxygen atoms in total. The molecule has 0 bridgehead atoms. The van der Waals surface area contributed by atoms with Crippen LogP contribution in [0.4, 0.5) is 5.69 Å². The highest BCUT2D eigenvalue weighted by Crippen LogP contribution is 2.41. The molecule has 1 aliphatic heterocycles. The molecule has 1 N–H and O–H groups in total. The number of aliphatic hydroxyl groups excluding tert-OH is 1. The highest BCUT2D eigenvalue weighted by molar-refractivity contribution is 8.18. The number of hydrogen-bond donors (Lipinski definition) is 1. The zero-order chi connectivity index (χ0) is 22.0. The first kappa shape index (κ1) is 21.5. The SMILES string of the molecule is CCOC(=O)C1=C(O)/C(=C/c2ccc(Cl)c(Cl)c2)SC1=Nc1cccc2ccccc12. The number of benzene rings is 3. The fourth-order valence-corrected chi connectivity index (χ4v) is 4.50. The first-order chi connectivity index (χ1) is 15.0. The Balaban J connectivity index is 1.82. The molecule has 0 unspecified atom stereocenters. The van der Waals surface area contributed by atoms with Crippen LogP contribution in [0.2, 0.25) is 10.0 Å². The normalized spacial score (nSPS) is 16.5. The van der Waals surface area contributed by atoms with E-state index in [1.165, 1.54) is 11.8 Å². The van der Waals surface area contributed by atoms with E-state index in [9.17, 15) is 9.90 Å². The molecular weight excluding hydrogens is 453 g/mol. The van der Waals surface area contributed by atoms with Gasteiger partial charge in [0.15, 0.2) is 0 Å². The van der Waals surface area contributed by atoms with Gasteiger partial charge in [-0.25, -0.2) is 9.79 Å². The van der Waals surface area contributed by atoms with Crippen molar-refractivity contribution in [2.24, 2.45) is 4.99 Å². The Bertz CT molecular complexity index is 1280. The molecule has 1 heterocycles. The number of aliphatic imine (C=N–C) groups is 1. The molecule has 4 rings (SSSR count). The number of rotatable bonds is 4. The number of nitrogens with zero attached hydrogens (tertiary/aromatic N) is 1. The molecule has 0 amide bonds. The van der Waals surface area contributed by atoms with Crippen molar-refractivity contribution in [3.05, 3.63) is 92.5 Å². The van der Waals surface area contributed by atoms with Crippen molar-refractivity contribution in [3.63, 3.8) is 0 Å². The maximum absolute atomic E-state index is 12.6. The monoisotopic (exact) mass is 469 g/mol. The van der Waals surface area contributed by atoms with Crippen LogP contribution in [-0.2, 0) is 9.53 Å². The number of aliphatic hydroxyl groups is 1. The minimum Gasteiger partial charge on any atom is -0.506 e. The summed E-state index contributed by atoms with van der Waals surface area (Å²) in [5, 5.41) is 14.0. The lowest BCUT2D eigenvalue weighted by atomic mass is 10.1. The molecule has 0 aliphatic carbocycles. The van der Waals surface area contributed by atoms with Crippen LogP contribution < -0.4 is 0 Å². The van der Waals surface area contributed by atoms with Crippen molar-refractivity contribution >= 4 is 68.5 Å². The number of halogens is 2. The van der Waals surface area contributed by atoms with Gasteiger partial charge in [0.2, 0.25) is 0 Å². The average Bonchev–Trinajstić information content (AvgIpc) is 3.06. The Morgan fingerprint density at radius 3 is 2.65 bits per heavy atom. The summed E-state index contributed by atoms with van der Waals surface area (Å²) in [5.74, 6) is -0.794. The highest BCUT2D eigenvalue weighted by Gasteiger charge is 2.33. The van der Waals surface area contributed by atoms with Gasteiger partial charge >= 0.3 is 5.97 Å². The zero-order valence-electron chi connectivity index (χ0n) is 16.4. The number of ether oxygens (including phenoxy) is 1. The lowest BCUT2D eigenvalue weighted by molar-refractivity contribution is -0.138. The summed E-state index contributed by atoms with van der Waals surface area (Å²) < 4.78 is 5.17. The van der Waals surface area contributed by atoms with Crippen LogP contribution in [0.1, 0.15) is 12.5 Å². The second-order valence-electron chi connectivity index (χ2n) is 6.64. The molecule has 0 spiro atoms. The van der Waals surface area contributed by atoms with Crippen LogP contribution in [0.3, 0.4) is 0 Å². The summed E-state index contributed by atoms with van der Waals surface area (Å²) in [5.41, 5.74) is 1.48. The van der Waals surface area contributed by atoms with Gasteiger partial charge in [0.05, 0.1) is 27.2 Å². The van der Waals surface area contributed by atoms with Gasteiger partial charge in [-0.3, -0.25) is 0 Å². The molecule has 7 heteroatoms. The van der Waals surface area contributed by atoms with Crippen LogP contribution in [-0.4, -0.2) is 22.7 Å². The van der Waals surface area contributed by atoms with E-state index in [2.05, 4.69) is 0 Å². The molecule has 3 aromatic carbocycles. The third kappa shape index (κ3) is 4.49. The molecule has 0 atom stereocenters. The van der Waals surface area contributed by atoms with E-state index in [1.54, 1.807) is 31.2 Å². The van der Waals surface area contributed by atoms with Gasteiger partial charge in [0.25, 0.3) is 0 Å². The Morgan fingerprint density at radius 1 is 1.10 bits per heavy atom. The topological polar surface area (TPSA) is 58.9 Å². The van der Waals surface area contributed by atoms with Crippen molar-refractivity contribution in [1.29, 1.82) is 0 Å². The predicted molar refractivity (Wildman–Crippen MR) is 129 cm³/mol. The molecule has 156 valence electrons. The van der Waals surface area contributed by atoms with Gasteiger partial charge in [0.1, 0.15) is 16.4 Å². The summed E-state index contributed by atoms with van der Waals surface area (Å²) in [4.78, 5) is 17.8. The van der Waals surface area contributed by atoms with Crippen molar-refractivity contribution in [1.82, 2.24) is 0 Å². The van der Waals surface area contributed by atoms with Crippen molar-refractivity contribution in [2.45, 2.75) is 6.92 Å². The minimum atomic E-state index is -0.621. The Hall–Kier alpha value is -2.73. The lowest BCUT2D eigenvalue weighted by Crippen LogP contribution is -2.12. The smallest absolute Gasteiger partial charge is 0.344 e. The molecule has 0 saturated carbocycles. The second-order valence-corrected chi connectivity index (χ2v) is 8.49. The van der Waals surface area contributed by atoms with E-state index < -0.39 is 5.97 Å². The Labute approximate surface area is 193 Å². The third-order valence-electron chi connectivity index (χ3n) is 4.60. The van der Waals surface area contributed by atoms with Crippen molar-refractivity contribution in [2.75, 3.05) is 6.61 Å². The summed E-state index contributed by atoms with van der Waals surface area (Å²) >= 11 is 13.3. The molecule has 3 aromatic rings. The lowest BCUT2D eigenvalue weighted by Gasteiger charge is -2.05. The molecular formula is C24H17Cl2NO3S. The van der Waals surface area contributed by atoms with Crippen LogP contribution in [0.5, 0.6) is 0 Å². The van der Waals surface area contributed by atoms with Gasteiger partial charge < -0.3 is 9.84 Å². The zero-order valence-corrected chi connectivity index (χ0v) is 18.8. The minimum absolute atomic E-state index is 0.0473. The van der Waals surface area contributed by atoms with E-state index in [0.717, 1.165) is 16.3 Å². The second kappa shape index (κ2) is 9.18. The molecule has 0 aromatic heterocycles. The Kier molecular flexibility index (Phi) is 6.37. The maximum atomic E-state index is 12.6. The van der Waals surface area contributed by atoms with Gasteiger partial charge in [-0.05, 0) is 42.1 Å². The Morgan fingerprint density at radius 2 is 1.87 bits per heavy atom. The number of fused-ring (bicyclic) bond motifs is 1. The van der Waals surface area contributed by atoms with Gasteiger partial charge in [0, 0.05) is 5.39 Å². The van der Waals surface area contributed by atoms with Gasteiger partial charge in [-0.2, -0.15) is 0 Å². The third-order valence-corrected chi connectivity index (χ3v) is 6.36. The molecule has 0 saturated heterocycles. The van der Waals surface area contributed by atoms with E-state index in [4.69, 9.17) is 32.9 Å². The highest BCUT2D eigenvalue weighted by atomic mass is 35.5. The van der Waals surface area contributed by atoms with Crippen LogP contribution in [0.25, 0.3) is 16.8 Å². The van der Waals surface area contributed by atoms with E-state index in [0.29, 0.717) is 25.7 Å². The summed E-state index contributed by atoms with van der Waals surface area (Å²) in [6, 6.07) is 18.8. The number of thioether (sulfide) groups is 1. The number of carbonyl (C=O) groups is 1. The van der Waals surface area contributed by atoms with Crippen LogP contribution >= 0.6 is 35.0 Å². The predicted octanol–water partition coefficient (Wildman–Crippen LogP) is 7.34. The summed E-state index contributed by atoms with van der Waals surface area (Å²) in [6.07, 6.45) is 1.73. The van der Waals surface area contributed by atoms with Crippen LogP contribution in [0.15, 0.2) is 81.9 Å². The van der Waals surface area contributed by atoms with Crippen LogP contribution in [0, 0.1) is 0 Å². The van der Waals surface area contributed by atoms with E-state index in [1.807, 2.05) is 42.5 Å². The summed E-state index contributed by atoms with van der Waals surface area (Å²) in [7, 11) is 0. The molecule has 0 radical (unpaired) electrons. The molecule has 31 heavy (non-hydrogen) atoms. The number of carbonyl (C=O) groups excluding carboxylic acids is 1. The van der Waals surface area contributed by atoms with Crippen molar-refractivity contribution < 1.29 is 14.6 Å². The fourth-order valence-electron chi connectivity index (χ4n) is 3.16. The van der Waals surface area contributed by atoms with E-state index in [-0.39, 0.29) is 17.9 Å². The largest absolute Gasteiger partial charge is 0.506 e. The standard InChI is InChI=1S/C24H17Cl2NO3S/c1-2-30-24(29)21-22(28)20(13-14-10-11-17(25)18(26)12-14)31-23(21)27-19-9-5-7-15-6-3-4-8-16(15)19/h3-13,28H,2H2,1H3/b20-13-,27-23?. The van der Waals surface area contributed by atoms with Crippen molar-refractivity contribution in [3.8, 4) is 0 Å². The average molecular weight is 470 g/mol. The van der Waals surface area contributed by atoms with Gasteiger partial charge in [-0.1, -0.05) is 77.4 Å². The summed E-state index contributed by atoms with van der Waals surface area (Å²) in [6.45, 7) is 1.90. The van der Waals surface area contributed by atoms with E-state index >= 15 is 0 Å². The number of hydrogen-bond acceptors (Lipinski definition) is 5. The first-order valence-electron chi connectivity index (χ1n) is 9.50. The first-order valence-corrected chi connectivity index (χ1v) is 11.1. The van der Waals surface area contributed by atoms with Gasteiger partial charge in [-0.15, -0.1) is 0 Å². The fraction of sp³-hybridized carbons (Fsp3) is 0.0833. The molecule has 1 aliphatic rings. The quantitative estimate of drug-likeness (QED) is 0.406. The number of esters is 1. The maximum Gasteiger partial charge on any atom is 0.344 e. The molecule has 0 fully saturated rings.